The molecule has 2 aromatic rings. The van der Waals surface area contributed by atoms with Crippen LogP contribution in [0.5, 0.6) is 0 Å². The normalized spacial score (nSPS) is 12.3. The van der Waals surface area contributed by atoms with Crippen molar-refractivity contribution in [1.82, 2.24) is 9.78 Å². The topological polar surface area (TPSA) is 17.8 Å². The molecule has 0 bridgehead atoms. The highest BCUT2D eigenvalue weighted by molar-refractivity contribution is 5.90. The zero-order chi connectivity index (χ0) is 15.1. The summed E-state index contributed by atoms with van der Waals surface area (Å²) in [4.78, 5) is 0. The zero-order valence-corrected chi connectivity index (χ0v) is 13.0. The van der Waals surface area contributed by atoms with Gasteiger partial charge in [0.15, 0.2) is 0 Å². The first kappa shape index (κ1) is 14.8. The molecule has 0 saturated heterocycles. The number of aromatic nitrogens is 2. The molecule has 1 aromatic carbocycles. The number of benzene rings is 1. The molecule has 0 N–H and O–H groups in total. The van der Waals surface area contributed by atoms with Crippen molar-refractivity contribution in [2.75, 3.05) is 0 Å². The molecule has 0 spiro atoms. The van der Waals surface area contributed by atoms with Crippen molar-refractivity contribution >= 4 is 16.5 Å². The Hall–Kier alpha value is -1.64. The largest absolute Gasteiger partial charge is 0.264 e. The smallest absolute Gasteiger partial charge is 0.124 e. The molecule has 2 rings (SSSR count). The summed E-state index contributed by atoms with van der Waals surface area (Å²) in [6.07, 6.45) is 0. The van der Waals surface area contributed by atoms with Crippen molar-refractivity contribution in [3.63, 3.8) is 0 Å². The summed E-state index contributed by atoms with van der Waals surface area (Å²) >= 11 is 0. The predicted octanol–water partition coefficient (Wildman–Crippen LogP) is 4.89. The van der Waals surface area contributed by atoms with Crippen LogP contribution in [0.15, 0.2) is 24.8 Å². The molecule has 108 valence electrons. The lowest BCUT2D eigenvalue weighted by atomic mass is 9.97. The third-order valence-electron chi connectivity index (χ3n) is 3.34. The predicted molar refractivity (Wildman–Crippen MR) is 83.0 cm³/mol. The van der Waals surface area contributed by atoms with Gasteiger partial charge in [0.1, 0.15) is 5.82 Å². The summed E-state index contributed by atoms with van der Waals surface area (Å²) < 4.78 is 15.5. The van der Waals surface area contributed by atoms with Crippen LogP contribution < -0.4 is 0 Å². The standard InChI is InChI=1S/C17H23FN2/c1-11(2)12(3)16-14-9-13(18)7-8-15(14)20(19-16)10-17(4,5)6/h7-9,11H,3,10H2,1-2,4-6H3. The molecule has 0 aliphatic rings. The molecule has 0 fully saturated rings. The highest BCUT2D eigenvalue weighted by Gasteiger charge is 2.19. The Kier molecular flexibility index (Phi) is 3.72. The third-order valence-corrected chi connectivity index (χ3v) is 3.34. The van der Waals surface area contributed by atoms with E-state index in [0.29, 0.717) is 5.92 Å². The van der Waals surface area contributed by atoms with Crippen LogP contribution in [0, 0.1) is 17.2 Å². The maximum absolute atomic E-state index is 13.6. The summed E-state index contributed by atoms with van der Waals surface area (Å²) in [7, 11) is 0. The van der Waals surface area contributed by atoms with Crippen LogP contribution in [0.1, 0.15) is 40.3 Å². The van der Waals surface area contributed by atoms with Gasteiger partial charge in [-0.1, -0.05) is 41.2 Å². The lowest BCUT2D eigenvalue weighted by Crippen LogP contribution is -2.16. The average Bonchev–Trinajstić information content (AvgIpc) is 2.64. The molecule has 0 unspecified atom stereocenters. The number of fused-ring (bicyclic) bond motifs is 1. The minimum atomic E-state index is -0.231. The number of halogens is 1. The van der Waals surface area contributed by atoms with Crippen molar-refractivity contribution in [2.45, 2.75) is 41.2 Å². The van der Waals surface area contributed by atoms with Crippen LogP contribution in [0.4, 0.5) is 4.39 Å². The van der Waals surface area contributed by atoms with Gasteiger partial charge in [-0.05, 0) is 35.1 Å². The lowest BCUT2D eigenvalue weighted by Gasteiger charge is -2.18. The second kappa shape index (κ2) is 5.04. The van der Waals surface area contributed by atoms with Crippen LogP contribution in [-0.4, -0.2) is 9.78 Å². The Bertz CT molecular complexity index is 645. The molecule has 0 saturated carbocycles. The molecule has 1 aromatic heterocycles. The van der Waals surface area contributed by atoms with E-state index in [2.05, 4.69) is 46.3 Å². The van der Waals surface area contributed by atoms with Gasteiger partial charge >= 0.3 is 0 Å². The van der Waals surface area contributed by atoms with E-state index in [-0.39, 0.29) is 11.2 Å². The van der Waals surface area contributed by atoms with Gasteiger partial charge in [0.2, 0.25) is 0 Å². The summed E-state index contributed by atoms with van der Waals surface area (Å²) in [5.74, 6) is 0.0602. The van der Waals surface area contributed by atoms with E-state index in [9.17, 15) is 4.39 Å². The van der Waals surface area contributed by atoms with Crippen molar-refractivity contribution in [3.05, 3.63) is 36.3 Å². The Morgan fingerprint density at radius 1 is 1.35 bits per heavy atom. The molecule has 0 radical (unpaired) electrons. The first-order valence-corrected chi connectivity index (χ1v) is 7.04. The van der Waals surface area contributed by atoms with Gasteiger partial charge in [-0.2, -0.15) is 5.10 Å². The van der Waals surface area contributed by atoms with E-state index in [0.717, 1.165) is 28.7 Å². The number of rotatable bonds is 3. The number of hydrogen-bond donors (Lipinski definition) is 0. The Morgan fingerprint density at radius 3 is 2.55 bits per heavy atom. The third kappa shape index (κ3) is 2.92. The van der Waals surface area contributed by atoms with E-state index < -0.39 is 0 Å². The average molecular weight is 274 g/mol. The SMILES string of the molecule is C=C(c1nn(CC(C)(C)C)c2ccc(F)cc12)C(C)C. The van der Waals surface area contributed by atoms with Crippen LogP contribution in [0.25, 0.3) is 16.5 Å². The Balaban J connectivity index is 2.63. The van der Waals surface area contributed by atoms with Gasteiger partial charge in [0.25, 0.3) is 0 Å². The molecule has 3 heteroatoms. The lowest BCUT2D eigenvalue weighted by molar-refractivity contribution is 0.331. The van der Waals surface area contributed by atoms with Gasteiger partial charge in [-0.15, -0.1) is 0 Å². The summed E-state index contributed by atoms with van der Waals surface area (Å²) in [5, 5.41) is 5.54. The van der Waals surface area contributed by atoms with E-state index in [1.54, 1.807) is 12.1 Å². The van der Waals surface area contributed by atoms with Crippen LogP contribution in [-0.2, 0) is 6.54 Å². The minimum absolute atomic E-state index is 0.115. The van der Waals surface area contributed by atoms with E-state index >= 15 is 0 Å². The molecule has 0 aliphatic heterocycles. The Morgan fingerprint density at radius 2 is 2.00 bits per heavy atom. The maximum Gasteiger partial charge on any atom is 0.124 e. The zero-order valence-electron chi connectivity index (χ0n) is 13.0. The quantitative estimate of drug-likeness (QED) is 0.779. The molecule has 20 heavy (non-hydrogen) atoms. The van der Waals surface area contributed by atoms with Gasteiger partial charge < -0.3 is 0 Å². The molecule has 1 heterocycles. The van der Waals surface area contributed by atoms with Crippen molar-refractivity contribution in [2.24, 2.45) is 11.3 Å². The van der Waals surface area contributed by atoms with Crippen LogP contribution >= 0.6 is 0 Å². The minimum Gasteiger partial charge on any atom is -0.264 e. The molecular formula is C17H23FN2. The highest BCUT2D eigenvalue weighted by atomic mass is 19.1. The maximum atomic E-state index is 13.6. The monoisotopic (exact) mass is 274 g/mol. The van der Waals surface area contributed by atoms with Crippen LogP contribution in [0.3, 0.4) is 0 Å². The van der Waals surface area contributed by atoms with Crippen LogP contribution in [0.2, 0.25) is 0 Å². The summed E-state index contributed by atoms with van der Waals surface area (Å²) in [5.41, 5.74) is 2.86. The Labute approximate surface area is 120 Å². The first-order valence-electron chi connectivity index (χ1n) is 7.04. The van der Waals surface area contributed by atoms with Gasteiger partial charge in [0, 0.05) is 11.9 Å². The molecule has 0 atom stereocenters. The number of hydrogen-bond acceptors (Lipinski definition) is 1. The summed E-state index contributed by atoms with van der Waals surface area (Å²) in [6, 6.07) is 4.86. The second-order valence-electron chi connectivity index (χ2n) is 6.91. The highest BCUT2D eigenvalue weighted by Crippen LogP contribution is 2.30. The number of nitrogens with zero attached hydrogens (tertiary/aromatic N) is 2. The van der Waals surface area contributed by atoms with Crippen molar-refractivity contribution in [1.29, 1.82) is 0 Å². The van der Waals surface area contributed by atoms with Gasteiger partial charge in [0.05, 0.1) is 11.2 Å². The van der Waals surface area contributed by atoms with E-state index in [1.807, 2.05) is 4.68 Å². The number of allylic oxidation sites excluding steroid dienone is 1. The molecule has 0 aliphatic carbocycles. The van der Waals surface area contributed by atoms with E-state index in [1.165, 1.54) is 6.07 Å². The van der Waals surface area contributed by atoms with Gasteiger partial charge in [-0.3, -0.25) is 4.68 Å². The molecule has 0 amide bonds. The fourth-order valence-electron chi connectivity index (χ4n) is 2.23. The fourth-order valence-corrected chi connectivity index (χ4v) is 2.23. The first-order chi connectivity index (χ1) is 9.19. The van der Waals surface area contributed by atoms with Gasteiger partial charge in [-0.25, -0.2) is 4.39 Å². The molecule has 2 nitrogen and oxygen atoms in total. The fraction of sp³-hybridized carbons (Fsp3) is 0.471. The van der Waals surface area contributed by atoms with Crippen molar-refractivity contribution in [3.8, 4) is 0 Å². The molecular weight excluding hydrogens is 251 g/mol. The summed E-state index contributed by atoms with van der Waals surface area (Å²) in [6.45, 7) is 15.6. The second-order valence-corrected chi connectivity index (χ2v) is 6.91. The van der Waals surface area contributed by atoms with Crippen molar-refractivity contribution < 1.29 is 4.39 Å². The van der Waals surface area contributed by atoms with E-state index in [4.69, 9.17) is 0 Å².